The van der Waals surface area contributed by atoms with Gasteiger partial charge in [-0.25, -0.2) is 9.78 Å². The van der Waals surface area contributed by atoms with Crippen molar-refractivity contribution in [2.75, 3.05) is 20.2 Å². The highest BCUT2D eigenvalue weighted by atomic mass is 16.5. The number of H-pyrrole nitrogens is 1. The average molecular weight is 358 g/mol. The molecule has 1 saturated heterocycles. The van der Waals surface area contributed by atoms with Crippen LogP contribution in [-0.4, -0.2) is 57.4 Å². The van der Waals surface area contributed by atoms with Crippen molar-refractivity contribution in [1.82, 2.24) is 19.4 Å². The fraction of sp³-hybridized carbons (Fsp3) is 0.579. The van der Waals surface area contributed by atoms with E-state index in [-0.39, 0.29) is 17.4 Å². The van der Waals surface area contributed by atoms with Crippen molar-refractivity contribution in [1.29, 1.82) is 0 Å². The Morgan fingerprint density at radius 2 is 2.27 bits per heavy atom. The van der Waals surface area contributed by atoms with Crippen LogP contribution in [-0.2, 0) is 11.3 Å². The average Bonchev–Trinajstić information content (AvgIpc) is 3.24. The van der Waals surface area contributed by atoms with Gasteiger partial charge in [-0.3, -0.25) is 9.47 Å². The van der Waals surface area contributed by atoms with Gasteiger partial charge in [0.2, 0.25) is 5.88 Å². The van der Waals surface area contributed by atoms with Crippen LogP contribution in [0, 0.1) is 0 Å². The van der Waals surface area contributed by atoms with Gasteiger partial charge in [0.15, 0.2) is 0 Å². The van der Waals surface area contributed by atoms with Crippen molar-refractivity contribution < 1.29 is 9.47 Å². The highest BCUT2D eigenvalue weighted by Crippen LogP contribution is 2.43. The summed E-state index contributed by atoms with van der Waals surface area (Å²) in [6.45, 7) is 2.52. The molecule has 0 spiro atoms. The number of hydrogen-bond donors (Lipinski definition) is 1. The van der Waals surface area contributed by atoms with E-state index in [1.807, 2.05) is 25.3 Å². The molecule has 1 saturated carbocycles. The molecule has 7 nitrogen and oxygen atoms in total. The number of likely N-dealkylation sites (tertiary alicyclic amines) is 1. The number of nitrogens with zero attached hydrogens (tertiary/aromatic N) is 3. The minimum atomic E-state index is -0.0902. The van der Waals surface area contributed by atoms with Crippen molar-refractivity contribution in [2.45, 2.75) is 50.0 Å². The number of methoxy groups -OCH3 is 1. The number of hydrogen-bond acceptors (Lipinski definition) is 5. The monoisotopic (exact) mass is 358 g/mol. The summed E-state index contributed by atoms with van der Waals surface area (Å²) in [5.74, 6) is 0.686. The quantitative estimate of drug-likeness (QED) is 0.850. The first kappa shape index (κ1) is 17.3. The zero-order valence-electron chi connectivity index (χ0n) is 15.1. The Morgan fingerprint density at radius 3 is 3.00 bits per heavy atom. The molecule has 1 aliphatic heterocycles. The normalized spacial score (nSPS) is 28.8. The van der Waals surface area contributed by atoms with Gasteiger partial charge < -0.3 is 14.5 Å². The van der Waals surface area contributed by atoms with Gasteiger partial charge in [-0.2, -0.15) is 0 Å². The summed E-state index contributed by atoms with van der Waals surface area (Å²) in [4.78, 5) is 21.2. The Kier molecular flexibility index (Phi) is 4.82. The molecule has 3 atom stereocenters. The topological polar surface area (TPSA) is 72.4 Å². The van der Waals surface area contributed by atoms with Gasteiger partial charge in [0, 0.05) is 63.9 Å². The van der Waals surface area contributed by atoms with Crippen LogP contribution in [0.15, 0.2) is 41.6 Å². The van der Waals surface area contributed by atoms with Gasteiger partial charge >= 0.3 is 5.69 Å². The number of imidazole rings is 1. The molecule has 0 unspecified atom stereocenters. The highest BCUT2D eigenvalue weighted by molar-refractivity contribution is 5.11. The fourth-order valence-corrected chi connectivity index (χ4v) is 4.48. The molecule has 2 aromatic heterocycles. The lowest BCUT2D eigenvalue weighted by Crippen LogP contribution is -2.53. The minimum absolute atomic E-state index is 0.0535. The van der Waals surface area contributed by atoms with Crippen LogP contribution in [0.5, 0.6) is 5.88 Å². The SMILES string of the molecule is CO[C@@]12CC[C@@H](Oc3ccccn3)C[C@@H]1N(CCn1cc[nH]c1=O)CC2. The molecular weight excluding hydrogens is 332 g/mol. The summed E-state index contributed by atoms with van der Waals surface area (Å²) in [6, 6.07) is 6.06. The predicted octanol–water partition coefficient (Wildman–Crippen LogP) is 1.66. The number of rotatable bonds is 6. The lowest BCUT2D eigenvalue weighted by molar-refractivity contribution is -0.0834. The largest absolute Gasteiger partial charge is 0.474 e. The molecule has 3 heterocycles. The summed E-state index contributed by atoms with van der Waals surface area (Å²) in [5.41, 5.74) is -0.144. The van der Waals surface area contributed by atoms with Crippen LogP contribution in [0.25, 0.3) is 0 Å². The first-order valence-corrected chi connectivity index (χ1v) is 9.31. The second kappa shape index (κ2) is 7.25. The summed E-state index contributed by atoms with van der Waals surface area (Å²) in [5, 5.41) is 0. The van der Waals surface area contributed by atoms with E-state index in [0.717, 1.165) is 38.8 Å². The maximum absolute atomic E-state index is 11.7. The Morgan fingerprint density at radius 1 is 1.35 bits per heavy atom. The van der Waals surface area contributed by atoms with Gasteiger partial charge in [-0.1, -0.05) is 6.07 Å². The number of aromatic nitrogens is 3. The standard InChI is InChI=1S/C19H26N4O3/c1-25-19-6-5-15(26-17-4-2-3-8-20-17)14-16(19)22(10-7-19)12-13-23-11-9-21-18(23)24/h2-4,8-9,11,15-16H,5-7,10,12-14H2,1H3,(H,21,24)/t15-,16+,19-/m1/s1. The Balaban J connectivity index is 1.44. The molecule has 1 aliphatic carbocycles. The lowest BCUT2D eigenvalue weighted by atomic mass is 9.79. The maximum Gasteiger partial charge on any atom is 0.325 e. The summed E-state index contributed by atoms with van der Waals surface area (Å²) < 4.78 is 13.8. The number of aromatic amines is 1. The van der Waals surface area contributed by atoms with E-state index >= 15 is 0 Å². The third-order valence-electron chi connectivity index (χ3n) is 5.93. The first-order chi connectivity index (χ1) is 12.7. The van der Waals surface area contributed by atoms with Gasteiger partial charge in [0.05, 0.1) is 5.60 Å². The molecule has 1 N–H and O–H groups in total. The smallest absolute Gasteiger partial charge is 0.325 e. The van der Waals surface area contributed by atoms with Crippen molar-refractivity contribution >= 4 is 0 Å². The minimum Gasteiger partial charge on any atom is -0.474 e. The third kappa shape index (κ3) is 3.29. The van der Waals surface area contributed by atoms with Crippen LogP contribution >= 0.6 is 0 Å². The molecule has 0 bridgehead atoms. The second-order valence-electron chi connectivity index (χ2n) is 7.21. The summed E-state index contributed by atoms with van der Waals surface area (Å²) in [7, 11) is 1.83. The molecule has 2 aliphatic rings. The van der Waals surface area contributed by atoms with Crippen molar-refractivity contribution in [2.24, 2.45) is 0 Å². The number of ether oxygens (including phenoxy) is 2. The van der Waals surface area contributed by atoms with E-state index in [1.165, 1.54) is 0 Å². The van der Waals surface area contributed by atoms with Gasteiger partial charge in [-0.05, 0) is 25.3 Å². The molecule has 7 heteroatoms. The maximum atomic E-state index is 11.7. The van der Waals surface area contributed by atoms with E-state index in [0.29, 0.717) is 18.5 Å². The van der Waals surface area contributed by atoms with Crippen LogP contribution in [0.2, 0.25) is 0 Å². The molecule has 4 rings (SSSR count). The number of pyridine rings is 1. The predicted molar refractivity (Wildman–Crippen MR) is 97.3 cm³/mol. The molecule has 26 heavy (non-hydrogen) atoms. The number of nitrogens with one attached hydrogen (secondary N) is 1. The third-order valence-corrected chi connectivity index (χ3v) is 5.93. The first-order valence-electron chi connectivity index (χ1n) is 9.31. The molecular formula is C19H26N4O3. The van der Waals surface area contributed by atoms with Crippen molar-refractivity contribution in [3.63, 3.8) is 0 Å². The molecule has 2 aromatic rings. The van der Waals surface area contributed by atoms with Gasteiger partial charge in [0.1, 0.15) is 6.10 Å². The van der Waals surface area contributed by atoms with E-state index in [9.17, 15) is 4.79 Å². The van der Waals surface area contributed by atoms with Gasteiger partial charge in [-0.15, -0.1) is 0 Å². The Hall–Kier alpha value is -2.12. The van der Waals surface area contributed by atoms with E-state index < -0.39 is 0 Å². The zero-order valence-corrected chi connectivity index (χ0v) is 15.1. The van der Waals surface area contributed by atoms with E-state index in [4.69, 9.17) is 9.47 Å². The van der Waals surface area contributed by atoms with Crippen LogP contribution in [0.1, 0.15) is 25.7 Å². The van der Waals surface area contributed by atoms with Crippen molar-refractivity contribution in [3.8, 4) is 5.88 Å². The van der Waals surface area contributed by atoms with Crippen molar-refractivity contribution in [3.05, 3.63) is 47.3 Å². The highest BCUT2D eigenvalue weighted by Gasteiger charge is 2.51. The fourth-order valence-electron chi connectivity index (χ4n) is 4.48. The molecule has 2 fully saturated rings. The number of fused-ring (bicyclic) bond motifs is 1. The Bertz CT molecular complexity index is 774. The summed E-state index contributed by atoms with van der Waals surface area (Å²) >= 11 is 0. The molecule has 0 radical (unpaired) electrons. The lowest BCUT2D eigenvalue weighted by Gasteiger charge is -2.43. The Labute approximate surface area is 152 Å². The molecule has 0 aromatic carbocycles. The molecule has 140 valence electrons. The van der Waals surface area contributed by atoms with E-state index in [2.05, 4.69) is 14.9 Å². The van der Waals surface area contributed by atoms with Crippen LogP contribution < -0.4 is 10.4 Å². The molecule has 0 amide bonds. The van der Waals surface area contributed by atoms with E-state index in [1.54, 1.807) is 23.2 Å². The van der Waals surface area contributed by atoms with Crippen LogP contribution in [0.4, 0.5) is 0 Å². The van der Waals surface area contributed by atoms with Crippen LogP contribution in [0.3, 0.4) is 0 Å². The summed E-state index contributed by atoms with van der Waals surface area (Å²) in [6.07, 6.45) is 9.32. The second-order valence-corrected chi connectivity index (χ2v) is 7.21. The van der Waals surface area contributed by atoms with Gasteiger partial charge in [0.25, 0.3) is 0 Å². The zero-order chi connectivity index (χ0) is 18.0.